The molecule has 5 rings (SSSR count). The van der Waals surface area contributed by atoms with Gasteiger partial charge in [0.25, 0.3) is 0 Å². The van der Waals surface area contributed by atoms with Crippen molar-refractivity contribution in [3.8, 4) is 5.69 Å². The number of hydrogen-bond donors (Lipinski definition) is 2. The molecule has 1 atom stereocenters. The first-order chi connectivity index (χ1) is 19.9. The van der Waals surface area contributed by atoms with E-state index in [1.165, 1.54) is 41.0 Å². The number of tetrazole rings is 1. The average molecular weight is 572 g/mol. The lowest BCUT2D eigenvalue weighted by Crippen LogP contribution is -2.44. The summed E-state index contributed by atoms with van der Waals surface area (Å²) in [5.74, 6) is -1.58. The monoisotopic (exact) mass is 571 g/mol. The lowest BCUT2D eigenvalue weighted by atomic mass is 10.1. The maximum Gasteiger partial charge on any atom is 0.339 e. The molecule has 0 spiro atoms. The zero-order valence-corrected chi connectivity index (χ0v) is 22.3. The Kier molecular flexibility index (Phi) is 8.06. The van der Waals surface area contributed by atoms with Crippen LogP contribution >= 0.6 is 11.6 Å². The molecule has 0 saturated carbocycles. The Bertz CT molecular complexity index is 1740. The fraction of sp³-hybridized carbons (Fsp3) is 0.111. The first-order valence-corrected chi connectivity index (χ1v) is 12.6. The molecule has 0 aliphatic rings. The summed E-state index contributed by atoms with van der Waals surface area (Å²) in [6.07, 6.45) is 5.92. The number of benzene rings is 2. The van der Waals surface area contributed by atoms with E-state index in [1.54, 1.807) is 30.3 Å². The minimum absolute atomic E-state index is 0.00452. The molecule has 14 heteroatoms. The van der Waals surface area contributed by atoms with E-state index < -0.39 is 23.8 Å². The van der Waals surface area contributed by atoms with E-state index in [0.29, 0.717) is 21.9 Å². The molecule has 0 aliphatic heterocycles. The fourth-order valence-corrected chi connectivity index (χ4v) is 4.14. The number of fused-ring (bicyclic) bond motifs is 1. The largest absolute Gasteiger partial charge is 0.465 e. The van der Waals surface area contributed by atoms with Gasteiger partial charge < -0.3 is 10.1 Å². The molecule has 0 bridgehead atoms. The van der Waals surface area contributed by atoms with Gasteiger partial charge in [-0.1, -0.05) is 41.9 Å². The molecule has 0 unspecified atom stereocenters. The SMILES string of the molecule is COC(=O)c1ccc2nc(NC(=O)[C@H](Cc3ccccc3)NC(=O)/C=C/c3cc(Cl)ccc3-n3cnnn3)nn2c1. The van der Waals surface area contributed by atoms with E-state index in [1.807, 2.05) is 30.3 Å². The quantitative estimate of drug-likeness (QED) is 0.200. The van der Waals surface area contributed by atoms with Gasteiger partial charge in [0.05, 0.1) is 18.4 Å². The van der Waals surface area contributed by atoms with Crippen molar-refractivity contribution < 1.29 is 19.1 Å². The van der Waals surface area contributed by atoms with Crippen molar-refractivity contribution in [2.24, 2.45) is 0 Å². The van der Waals surface area contributed by atoms with Crippen LogP contribution in [0.5, 0.6) is 0 Å². The van der Waals surface area contributed by atoms with Crippen molar-refractivity contribution >= 4 is 47.1 Å². The Hall–Kier alpha value is -5.43. The van der Waals surface area contributed by atoms with Crippen molar-refractivity contribution in [3.63, 3.8) is 0 Å². The predicted octanol–water partition coefficient (Wildman–Crippen LogP) is 2.52. The molecule has 2 N–H and O–H groups in total. The number of carbonyl (C=O) groups excluding carboxylic acids is 3. The Morgan fingerprint density at radius 3 is 2.68 bits per heavy atom. The second-order valence-electron chi connectivity index (χ2n) is 8.68. The number of ether oxygens (including phenoxy) is 1. The van der Waals surface area contributed by atoms with Crippen molar-refractivity contribution in [1.29, 1.82) is 0 Å². The Labute approximate surface area is 237 Å². The van der Waals surface area contributed by atoms with Crippen molar-refractivity contribution in [1.82, 2.24) is 40.1 Å². The highest BCUT2D eigenvalue weighted by molar-refractivity contribution is 6.30. The molecule has 3 aromatic heterocycles. The lowest BCUT2D eigenvalue weighted by molar-refractivity contribution is -0.123. The van der Waals surface area contributed by atoms with Crippen LogP contribution in [0.1, 0.15) is 21.5 Å². The zero-order chi connectivity index (χ0) is 28.8. The van der Waals surface area contributed by atoms with Gasteiger partial charge in [-0.2, -0.15) is 9.67 Å². The number of hydrogen-bond acceptors (Lipinski definition) is 9. The molecule has 41 heavy (non-hydrogen) atoms. The van der Waals surface area contributed by atoms with E-state index in [-0.39, 0.29) is 17.9 Å². The van der Waals surface area contributed by atoms with Crippen molar-refractivity contribution in [2.75, 3.05) is 12.4 Å². The minimum Gasteiger partial charge on any atom is -0.465 e. The van der Waals surface area contributed by atoms with Gasteiger partial charge in [0.15, 0.2) is 5.65 Å². The normalized spacial score (nSPS) is 11.9. The molecule has 0 fully saturated rings. The highest BCUT2D eigenvalue weighted by atomic mass is 35.5. The third-order valence-electron chi connectivity index (χ3n) is 5.90. The molecule has 0 saturated heterocycles. The number of methoxy groups -OCH3 is 1. The smallest absolute Gasteiger partial charge is 0.339 e. The van der Waals surface area contributed by atoms with E-state index in [2.05, 4.69) is 36.2 Å². The number of amides is 2. The van der Waals surface area contributed by atoms with Crippen LogP contribution in [0.3, 0.4) is 0 Å². The number of nitrogens with one attached hydrogen (secondary N) is 2. The molecule has 2 aromatic carbocycles. The van der Waals surface area contributed by atoms with Gasteiger partial charge in [0.1, 0.15) is 12.4 Å². The number of esters is 1. The number of nitrogens with zero attached hydrogens (tertiary/aromatic N) is 7. The summed E-state index contributed by atoms with van der Waals surface area (Å²) < 4.78 is 7.52. The van der Waals surface area contributed by atoms with Gasteiger partial charge in [-0.05, 0) is 52.4 Å². The maximum atomic E-state index is 13.3. The number of carbonyl (C=O) groups is 3. The molecule has 5 aromatic rings. The van der Waals surface area contributed by atoms with Crippen LogP contribution < -0.4 is 10.6 Å². The zero-order valence-electron chi connectivity index (χ0n) is 21.5. The van der Waals surface area contributed by atoms with E-state index in [0.717, 1.165) is 5.56 Å². The molecule has 2 amide bonds. The molecular formula is C27H22ClN9O4. The fourth-order valence-electron chi connectivity index (χ4n) is 3.96. The number of pyridine rings is 1. The van der Waals surface area contributed by atoms with Crippen molar-refractivity contribution in [2.45, 2.75) is 12.5 Å². The predicted molar refractivity (Wildman–Crippen MR) is 148 cm³/mol. The van der Waals surface area contributed by atoms with E-state index in [9.17, 15) is 14.4 Å². The van der Waals surface area contributed by atoms with Crippen LogP contribution in [0.15, 0.2) is 79.3 Å². The summed E-state index contributed by atoms with van der Waals surface area (Å²) in [7, 11) is 1.28. The van der Waals surface area contributed by atoms with Crippen molar-refractivity contribution in [3.05, 3.63) is 101 Å². The topological polar surface area (TPSA) is 158 Å². The Balaban J connectivity index is 1.35. The maximum absolute atomic E-state index is 13.3. The van der Waals surface area contributed by atoms with Crippen LogP contribution in [0, 0.1) is 0 Å². The first-order valence-electron chi connectivity index (χ1n) is 12.2. The van der Waals surface area contributed by atoms with Gasteiger partial charge in [-0.3, -0.25) is 14.9 Å². The lowest BCUT2D eigenvalue weighted by Gasteiger charge is -2.17. The van der Waals surface area contributed by atoms with Gasteiger partial charge in [-0.15, -0.1) is 10.2 Å². The summed E-state index contributed by atoms with van der Waals surface area (Å²) >= 11 is 6.16. The summed E-state index contributed by atoms with van der Waals surface area (Å²) in [5.41, 5.74) is 2.70. The standard InChI is InChI=1S/C27H22ClN9O4/c1-41-26(40)19-7-11-23-31-27(33-36(23)15-19)32-25(39)21(13-17-5-3-2-4-6-17)30-24(38)12-8-18-14-20(28)9-10-22(18)37-16-29-34-35-37/h2-12,14-16,21H,13H2,1H3,(H,30,38)(H,32,33,39)/b12-8+/t21-/m0/s1. The second-order valence-corrected chi connectivity index (χ2v) is 9.11. The van der Waals surface area contributed by atoms with Crippen LogP contribution in [0.25, 0.3) is 17.4 Å². The summed E-state index contributed by atoms with van der Waals surface area (Å²) in [5, 5.41) is 21.2. The molecule has 3 heterocycles. The van der Waals surface area contributed by atoms with Gasteiger partial charge in [0.2, 0.25) is 17.8 Å². The summed E-state index contributed by atoms with van der Waals surface area (Å²) in [6.45, 7) is 0. The second kappa shape index (κ2) is 12.2. The third-order valence-corrected chi connectivity index (χ3v) is 6.14. The molecule has 0 aliphatic carbocycles. The van der Waals surface area contributed by atoms with Gasteiger partial charge in [-0.25, -0.2) is 9.31 Å². The van der Waals surface area contributed by atoms with E-state index >= 15 is 0 Å². The summed E-state index contributed by atoms with van der Waals surface area (Å²) in [6, 6.07) is 16.5. The molecular weight excluding hydrogens is 550 g/mol. The van der Waals surface area contributed by atoms with Crippen LogP contribution in [-0.2, 0) is 20.7 Å². The molecule has 13 nitrogen and oxygen atoms in total. The minimum atomic E-state index is -0.967. The Morgan fingerprint density at radius 2 is 1.93 bits per heavy atom. The highest BCUT2D eigenvalue weighted by Gasteiger charge is 2.22. The van der Waals surface area contributed by atoms with Crippen LogP contribution in [-0.4, -0.2) is 65.7 Å². The molecule has 206 valence electrons. The van der Waals surface area contributed by atoms with Crippen LogP contribution in [0.2, 0.25) is 5.02 Å². The number of rotatable bonds is 9. The van der Waals surface area contributed by atoms with Crippen LogP contribution in [0.4, 0.5) is 5.95 Å². The molecule has 0 radical (unpaired) electrons. The van der Waals surface area contributed by atoms with Gasteiger partial charge in [0, 0.05) is 29.3 Å². The van der Waals surface area contributed by atoms with E-state index in [4.69, 9.17) is 16.3 Å². The number of halogens is 1. The first kappa shape index (κ1) is 27.1. The third kappa shape index (κ3) is 6.59. The average Bonchev–Trinajstić information content (AvgIpc) is 3.65. The number of aromatic nitrogens is 7. The number of anilines is 1. The van der Waals surface area contributed by atoms with Gasteiger partial charge >= 0.3 is 5.97 Å². The Morgan fingerprint density at radius 1 is 1.10 bits per heavy atom. The highest BCUT2D eigenvalue weighted by Crippen LogP contribution is 2.20. The summed E-state index contributed by atoms with van der Waals surface area (Å²) in [4.78, 5) is 42.4.